The molecule has 96 valence electrons. The molecule has 0 bridgehead atoms. The first-order valence-electron chi connectivity index (χ1n) is 5.92. The van der Waals surface area contributed by atoms with E-state index in [-0.39, 0.29) is 11.7 Å². The van der Waals surface area contributed by atoms with Crippen molar-refractivity contribution in [1.82, 2.24) is 0 Å². The van der Waals surface area contributed by atoms with E-state index >= 15 is 0 Å². The van der Waals surface area contributed by atoms with Crippen LogP contribution in [0, 0.1) is 11.7 Å². The van der Waals surface area contributed by atoms with Gasteiger partial charge in [0.05, 0.1) is 5.60 Å². The molecule has 2 atom stereocenters. The Kier molecular flexibility index (Phi) is 5.09. The quantitative estimate of drug-likeness (QED) is 0.828. The van der Waals surface area contributed by atoms with Crippen LogP contribution >= 0.6 is 0 Å². The Morgan fingerprint density at radius 3 is 2.65 bits per heavy atom. The lowest BCUT2D eigenvalue weighted by Crippen LogP contribution is -2.36. The lowest BCUT2D eigenvalue weighted by atomic mass is 9.83. The molecule has 17 heavy (non-hydrogen) atoms. The maximum Gasteiger partial charge on any atom is 0.126 e. The number of rotatable bonds is 6. The third-order valence-electron chi connectivity index (χ3n) is 3.32. The highest BCUT2D eigenvalue weighted by molar-refractivity contribution is 5.19. The zero-order valence-corrected chi connectivity index (χ0v) is 10.7. The minimum Gasteiger partial charge on any atom is -0.390 e. The molecule has 0 amide bonds. The van der Waals surface area contributed by atoms with Gasteiger partial charge < -0.3 is 9.84 Å². The Morgan fingerprint density at radius 2 is 2.06 bits per heavy atom. The molecular formula is C14H21FO2. The van der Waals surface area contributed by atoms with E-state index in [0.29, 0.717) is 18.6 Å². The molecule has 0 aliphatic carbocycles. The van der Waals surface area contributed by atoms with Gasteiger partial charge in [-0.2, -0.15) is 0 Å². The Morgan fingerprint density at radius 1 is 1.41 bits per heavy atom. The summed E-state index contributed by atoms with van der Waals surface area (Å²) in [6.07, 6.45) is 1.09. The second-order valence-electron chi connectivity index (χ2n) is 4.81. The van der Waals surface area contributed by atoms with Crippen LogP contribution in [0.25, 0.3) is 0 Å². The summed E-state index contributed by atoms with van der Waals surface area (Å²) in [5.41, 5.74) is -0.359. The van der Waals surface area contributed by atoms with E-state index < -0.39 is 5.60 Å². The zero-order valence-electron chi connectivity index (χ0n) is 10.7. The van der Waals surface area contributed by atoms with Crippen LogP contribution in [0.3, 0.4) is 0 Å². The normalized spacial score (nSPS) is 16.5. The Hall–Kier alpha value is -0.930. The fourth-order valence-electron chi connectivity index (χ4n) is 1.81. The van der Waals surface area contributed by atoms with Crippen molar-refractivity contribution in [1.29, 1.82) is 0 Å². The van der Waals surface area contributed by atoms with Crippen molar-refractivity contribution < 1.29 is 14.2 Å². The Bertz CT molecular complexity index is 350. The lowest BCUT2D eigenvalue weighted by Gasteiger charge is -2.30. The molecule has 1 aromatic rings. The van der Waals surface area contributed by atoms with Crippen LogP contribution in [0.1, 0.15) is 25.8 Å². The second kappa shape index (κ2) is 6.12. The van der Waals surface area contributed by atoms with Gasteiger partial charge in [0.15, 0.2) is 0 Å². The van der Waals surface area contributed by atoms with E-state index in [1.54, 1.807) is 32.2 Å². The minimum absolute atomic E-state index is 0.0575. The van der Waals surface area contributed by atoms with Gasteiger partial charge in [0.2, 0.25) is 0 Å². The van der Waals surface area contributed by atoms with Crippen molar-refractivity contribution in [2.75, 3.05) is 13.7 Å². The van der Waals surface area contributed by atoms with Gasteiger partial charge in [-0.25, -0.2) is 4.39 Å². The largest absolute Gasteiger partial charge is 0.390 e. The van der Waals surface area contributed by atoms with Crippen LogP contribution in [-0.4, -0.2) is 24.4 Å². The van der Waals surface area contributed by atoms with Gasteiger partial charge in [-0.05, 0) is 30.9 Å². The highest BCUT2D eigenvalue weighted by Crippen LogP contribution is 2.25. The third-order valence-corrected chi connectivity index (χ3v) is 3.32. The molecule has 0 aliphatic rings. The topological polar surface area (TPSA) is 29.5 Å². The first kappa shape index (κ1) is 14.1. The maximum atomic E-state index is 13.5. The molecule has 0 aromatic heterocycles. The van der Waals surface area contributed by atoms with Crippen molar-refractivity contribution in [2.24, 2.45) is 5.92 Å². The summed E-state index contributed by atoms with van der Waals surface area (Å²) < 4.78 is 18.5. The summed E-state index contributed by atoms with van der Waals surface area (Å²) >= 11 is 0. The summed E-state index contributed by atoms with van der Waals surface area (Å²) in [6.45, 7) is 4.31. The number of methoxy groups -OCH3 is 1. The van der Waals surface area contributed by atoms with E-state index in [4.69, 9.17) is 4.74 Å². The van der Waals surface area contributed by atoms with Crippen LogP contribution in [0.4, 0.5) is 4.39 Å². The first-order valence-corrected chi connectivity index (χ1v) is 5.92. The fraction of sp³-hybridized carbons (Fsp3) is 0.571. The zero-order chi connectivity index (χ0) is 12.9. The van der Waals surface area contributed by atoms with Gasteiger partial charge in [-0.1, -0.05) is 25.1 Å². The van der Waals surface area contributed by atoms with Crippen LogP contribution in [0.5, 0.6) is 0 Å². The molecular weight excluding hydrogens is 219 g/mol. The van der Waals surface area contributed by atoms with E-state index in [1.165, 1.54) is 6.07 Å². The lowest BCUT2D eigenvalue weighted by molar-refractivity contribution is -0.00617. The van der Waals surface area contributed by atoms with Crippen molar-refractivity contribution in [3.05, 3.63) is 35.6 Å². The van der Waals surface area contributed by atoms with Crippen LogP contribution < -0.4 is 0 Å². The average molecular weight is 240 g/mol. The molecule has 0 heterocycles. The average Bonchev–Trinajstić information content (AvgIpc) is 2.28. The number of benzene rings is 1. The van der Waals surface area contributed by atoms with Gasteiger partial charge in [-0.15, -0.1) is 0 Å². The highest BCUT2D eigenvalue weighted by Gasteiger charge is 2.29. The van der Waals surface area contributed by atoms with Crippen molar-refractivity contribution in [3.63, 3.8) is 0 Å². The predicted molar refractivity (Wildman–Crippen MR) is 66.4 cm³/mol. The highest BCUT2D eigenvalue weighted by atomic mass is 19.1. The van der Waals surface area contributed by atoms with E-state index in [1.807, 2.05) is 6.92 Å². The first-order chi connectivity index (χ1) is 7.97. The van der Waals surface area contributed by atoms with E-state index in [2.05, 4.69) is 0 Å². The molecule has 2 unspecified atom stereocenters. The molecule has 0 aliphatic heterocycles. The molecule has 0 radical (unpaired) electrons. The molecule has 0 saturated carbocycles. The van der Waals surface area contributed by atoms with Gasteiger partial charge in [-0.3, -0.25) is 0 Å². The van der Waals surface area contributed by atoms with Gasteiger partial charge >= 0.3 is 0 Å². The third kappa shape index (κ3) is 4.10. The minimum atomic E-state index is -0.916. The van der Waals surface area contributed by atoms with Crippen molar-refractivity contribution >= 4 is 0 Å². The van der Waals surface area contributed by atoms with Crippen LogP contribution in [0.2, 0.25) is 0 Å². The number of aliphatic hydroxyl groups is 1. The molecule has 0 saturated heterocycles. The van der Waals surface area contributed by atoms with Gasteiger partial charge in [0.25, 0.3) is 0 Å². The summed E-state index contributed by atoms with van der Waals surface area (Å²) in [5.74, 6) is -0.200. The van der Waals surface area contributed by atoms with Crippen LogP contribution in [0.15, 0.2) is 24.3 Å². The summed E-state index contributed by atoms with van der Waals surface area (Å²) in [7, 11) is 1.64. The number of hydrogen-bond acceptors (Lipinski definition) is 2. The van der Waals surface area contributed by atoms with Gasteiger partial charge in [0, 0.05) is 20.1 Å². The predicted octanol–water partition coefficient (Wildman–Crippen LogP) is 2.79. The fourth-order valence-corrected chi connectivity index (χ4v) is 1.81. The molecule has 0 spiro atoms. The number of ether oxygens (including phenoxy) is 1. The number of hydrogen-bond donors (Lipinski definition) is 1. The molecule has 1 rings (SSSR count). The smallest absolute Gasteiger partial charge is 0.126 e. The van der Waals surface area contributed by atoms with Gasteiger partial charge in [0.1, 0.15) is 5.82 Å². The summed E-state index contributed by atoms with van der Waals surface area (Å²) in [5, 5.41) is 10.4. The van der Waals surface area contributed by atoms with Crippen molar-refractivity contribution in [2.45, 2.75) is 32.3 Å². The van der Waals surface area contributed by atoms with E-state index in [0.717, 1.165) is 6.42 Å². The monoisotopic (exact) mass is 240 g/mol. The summed E-state index contributed by atoms with van der Waals surface area (Å²) in [6, 6.07) is 6.58. The van der Waals surface area contributed by atoms with E-state index in [9.17, 15) is 9.50 Å². The van der Waals surface area contributed by atoms with Crippen molar-refractivity contribution in [3.8, 4) is 0 Å². The molecule has 0 fully saturated rings. The molecule has 1 aromatic carbocycles. The maximum absolute atomic E-state index is 13.5. The second-order valence-corrected chi connectivity index (χ2v) is 4.81. The summed E-state index contributed by atoms with van der Waals surface area (Å²) in [4.78, 5) is 0. The molecule has 2 nitrogen and oxygen atoms in total. The molecule has 1 N–H and O–H groups in total. The Labute approximate surface area is 102 Å². The SMILES string of the molecule is COCCC(C)C(C)(O)Cc1ccccc1F. The standard InChI is InChI=1S/C14H21FO2/c1-11(8-9-17-3)14(2,16)10-12-6-4-5-7-13(12)15/h4-7,11,16H,8-10H2,1-3H3. The number of halogens is 1. The Balaban J connectivity index is 2.68. The van der Waals surface area contributed by atoms with Crippen LogP contribution in [-0.2, 0) is 11.2 Å². The molecule has 3 heteroatoms.